The van der Waals surface area contributed by atoms with E-state index in [0.717, 1.165) is 11.3 Å². The van der Waals surface area contributed by atoms with Gasteiger partial charge in [-0.05, 0) is 35.9 Å². The molecule has 0 fully saturated rings. The quantitative estimate of drug-likeness (QED) is 0.395. The summed E-state index contributed by atoms with van der Waals surface area (Å²) in [5.74, 6) is 1.10. The van der Waals surface area contributed by atoms with Gasteiger partial charge in [-0.25, -0.2) is 4.98 Å². The summed E-state index contributed by atoms with van der Waals surface area (Å²) in [5.41, 5.74) is 11.3. The van der Waals surface area contributed by atoms with E-state index in [0.29, 0.717) is 22.7 Å². The number of halogens is 1. The molecule has 1 aliphatic rings. The van der Waals surface area contributed by atoms with Crippen LogP contribution in [0.3, 0.4) is 0 Å². The first-order valence-corrected chi connectivity index (χ1v) is 8.70. The zero-order valence-electron chi connectivity index (χ0n) is 14.1. The molecule has 27 heavy (non-hydrogen) atoms. The minimum atomic E-state index is -0.753. The summed E-state index contributed by atoms with van der Waals surface area (Å²) in [4.78, 5) is 18.1. The number of Topliss-reactive ketones (excluding diaryl/α,β-unsaturated/α-hetero) is 1. The molecule has 0 saturated carbocycles. The van der Waals surface area contributed by atoms with Gasteiger partial charge in [-0.3, -0.25) is 10.2 Å². The maximum Gasteiger partial charge on any atom is 0.206 e. The van der Waals surface area contributed by atoms with Gasteiger partial charge in [0.1, 0.15) is 19.3 Å². The molecule has 0 saturated heterocycles. The number of alkyl halides is 1. The van der Waals surface area contributed by atoms with Crippen LogP contribution in [0.5, 0.6) is 11.5 Å². The van der Waals surface area contributed by atoms with Crippen molar-refractivity contribution in [1.82, 2.24) is 14.9 Å². The number of fused-ring (bicyclic) bond motifs is 1. The van der Waals surface area contributed by atoms with Gasteiger partial charge in [0.05, 0.1) is 5.69 Å². The highest BCUT2D eigenvalue weighted by Gasteiger charge is 2.29. The fourth-order valence-electron chi connectivity index (χ4n) is 2.79. The second-order valence-electron chi connectivity index (χ2n) is 5.99. The summed E-state index contributed by atoms with van der Waals surface area (Å²) in [5, 5.41) is 3.97. The maximum absolute atomic E-state index is 12.8. The molecule has 1 atom stereocenters. The van der Waals surface area contributed by atoms with Gasteiger partial charge in [0.2, 0.25) is 5.78 Å². The fraction of sp³-hybridized carbons (Fsp3) is 0.167. The van der Waals surface area contributed by atoms with E-state index in [4.69, 9.17) is 26.8 Å². The Kier molecular flexibility index (Phi) is 4.55. The minimum absolute atomic E-state index is 0.101. The lowest BCUT2D eigenvalue weighted by molar-refractivity contribution is 0.0586. The third-order valence-corrected chi connectivity index (χ3v) is 4.32. The molecule has 8 nitrogen and oxygen atoms in total. The van der Waals surface area contributed by atoms with Crippen molar-refractivity contribution in [2.24, 2.45) is 0 Å². The predicted octanol–water partition coefficient (Wildman–Crippen LogP) is 2.50. The van der Waals surface area contributed by atoms with E-state index in [9.17, 15) is 4.79 Å². The average molecular weight is 386 g/mol. The van der Waals surface area contributed by atoms with Crippen LogP contribution in [0.25, 0.3) is 0 Å². The van der Waals surface area contributed by atoms with Crippen LogP contribution in [-0.2, 0) is 5.88 Å². The Bertz CT molecular complexity index is 977. The number of nitrogens with one attached hydrogen (secondary N) is 1. The molecule has 0 bridgehead atoms. The van der Waals surface area contributed by atoms with Crippen molar-refractivity contribution in [2.45, 2.75) is 12.0 Å². The molecule has 3 aromatic rings. The third-order valence-electron chi connectivity index (χ3n) is 4.01. The number of nitrogens with two attached hydrogens (primary N) is 1. The van der Waals surface area contributed by atoms with E-state index in [2.05, 4.69) is 15.5 Å². The number of carbonyl (C=O) groups excluding carboxylic acids is 1. The molecule has 2 aromatic carbocycles. The molecule has 1 aliphatic heterocycles. The summed E-state index contributed by atoms with van der Waals surface area (Å²) in [6.45, 7) is 0.101. The molecule has 0 spiro atoms. The summed E-state index contributed by atoms with van der Waals surface area (Å²) < 4.78 is 11.6. The first kappa shape index (κ1) is 17.2. The van der Waals surface area contributed by atoms with Gasteiger partial charge < -0.3 is 15.2 Å². The second-order valence-corrected chi connectivity index (χ2v) is 6.26. The van der Waals surface area contributed by atoms with Gasteiger partial charge in [-0.15, -0.1) is 16.7 Å². The van der Waals surface area contributed by atoms with Crippen LogP contribution >= 0.6 is 11.6 Å². The Balaban J connectivity index is 1.51. The number of rotatable bonds is 5. The van der Waals surface area contributed by atoms with Crippen molar-refractivity contribution in [2.75, 3.05) is 17.8 Å². The van der Waals surface area contributed by atoms with E-state index >= 15 is 0 Å². The SMILES string of the molecule is Nc1cc(CCl)cc(C(=O)C2COc3cc(Nn4cncn4)ccc3O2)c1. The zero-order valence-corrected chi connectivity index (χ0v) is 14.9. The lowest BCUT2D eigenvalue weighted by Crippen LogP contribution is -2.36. The molecule has 0 aliphatic carbocycles. The van der Waals surface area contributed by atoms with Crippen molar-refractivity contribution in [3.8, 4) is 11.5 Å². The normalized spacial score (nSPS) is 15.4. The Morgan fingerprint density at radius 3 is 2.96 bits per heavy atom. The maximum atomic E-state index is 12.8. The van der Waals surface area contributed by atoms with Gasteiger partial charge in [0.25, 0.3) is 0 Å². The first-order valence-electron chi connectivity index (χ1n) is 8.17. The van der Waals surface area contributed by atoms with Crippen LogP contribution in [-0.4, -0.2) is 33.4 Å². The molecule has 0 radical (unpaired) electrons. The van der Waals surface area contributed by atoms with Gasteiger partial charge in [-0.2, -0.15) is 4.79 Å². The van der Waals surface area contributed by atoms with Crippen molar-refractivity contribution in [3.05, 3.63) is 60.2 Å². The number of nitrogen functional groups attached to an aromatic ring is 1. The topological polar surface area (TPSA) is 104 Å². The first-order chi connectivity index (χ1) is 13.1. The van der Waals surface area contributed by atoms with Crippen molar-refractivity contribution >= 4 is 28.8 Å². The number of benzene rings is 2. The largest absolute Gasteiger partial charge is 0.485 e. The van der Waals surface area contributed by atoms with E-state index in [1.54, 1.807) is 36.4 Å². The summed E-state index contributed by atoms with van der Waals surface area (Å²) in [6, 6.07) is 10.4. The average Bonchev–Trinajstić information content (AvgIpc) is 3.19. The third kappa shape index (κ3) is 3.65. The molecule has 3 N–H and O–H groups in total. The number of ether oxygens (including phenoxy) is 2. The highest BCUT2D eigenvalue weighted by molar-refractivity contribution is 6.17. The number of aromatic nitrogens is 3. The number of carbonyl (C=O) groups is 1. The lowest BCUT2D eigenvalue weighted by atomic mass is 10.0. The highest BCUT2D eigenvalue weighted by Crippen LogP contribution is 2.35. The Hall–Kier alpha value is -3.26. The Morgan fingerprint density at radius 2 is 2.19 bits per heavy atom. The number of nitrogens with zero attached hydrogens (tertiary/aromatic N) is 3. The standard InChI is InChI=1S/C18H16ClN5O3/c19-7-11-3-12(5-13(20)4-11)18(25)17-8-26-16-6-14(1-2-15(16)27-17)23-24-10-21-9-22-24/h1-6,9-10,17,23H,7-8,20H2. The summed E-state index contributed by atoms with van der Waals surface area (Å²) in [6.07, 6.45) is 2.20. The van der Waals surface area contributed by atoms with Crippen LogP contribution in [0.15, 0.2) is 49.1 Å². The van der Waals surface area contributed by atoms with Crippen LogP contribution in [0.4, 0.5) is 11.4 Å². The minimum Gasteiger partial charge on any atom is -0.485 e. The van der Waals surface area contributed by atoms with Crippen molar-refractivity contribution < 1.29 is 14.3 Å². The van der Waals surface area contributed by atoms with Gasteiger partial charge in [0.15, 0.2) is 17.6 Å². The van der Waals surface area contributed by atoms with Crippen LogP contribution in [0.1, 0.15) is 15.9 Å². The molecule has 2 heterocycles. The molecule has 0 amide bonds. The number of ketones is 1. The molecular formula is C18H16ClN5O3. The van der Waals surface area contributed by atoms with E-state index in [1.807, 2.05) is 0 Å². The number of hydrogen-bond donors (Lipinski definition) is 2. The summed E-state index contributed by atoms with van der Waals surface area (Å²) in [7, 11) is 0. The lowest BCUT2D eigenvalue weighted by Gasteiger charge is -2.26. The van der Waals surface area contributed by atoms with E-state index in [1.165, 1.54) is 17.4 Å². The summed E-state index contributed by atoms with van der Waals surface area (Å²) >= 11 is 5.86. The van der Waals surface area contributed by atoms with Crippen molar-refractivity contribution in [3.63, 3.8) is 0 Å². The number of hydrogen-bond acceptors (Lipinski definition) is 7. The van der Waals surface area contributed by atoms with Crippen molar-refractivity contribution in [1.29, 1.82) is 0 Å². The van der Waals surface area contributed by atoms with Gasteiger partial charge in [0, 0.05) is 23.2 Å². The fourth-order valence-corrected chi connectivity index (χ4v) is 2.95. The van der Waals surface area contributed by atoms with Crippen LogP contribution in [0.2, 0.25) is 0 Å². The zero-order chi connectivity index (χ0) is 18.8. The smallest absolute Gasteiger partial charge is 0.206 e. The molecule has 1 unspecified atom stereocenters. The van der Waals surface area contributed by atoms with Gasteiger partial charge in [-0.1, -0.05) is 0 Å². The van der Waals surface area contributed by atoms with Gasteiger partial charge >= 0.3 is 0 Å². The Labute approximate surface area is 159 Å². The van der Waals surface area contributed by atoms with E-state index in [-0.39, 0.29) is 18.3 Å². The molecule has 9 heteroatoms. The highest BCUT2D eigenvalue weighted by atomic mass is 35.5. The number of anilines is 2. The molecule has 4 rings (SSSR count). The molecule has 138 valence electrons. The molecule has 1 aromatic heterocycles. The predicted molar refractivity (Wildman–Crippen MR) is 100 cm³/mol. The van der Waals surface area contributed by atoms with Crippen LogP contribution in [0, 0.1) is 0 Å². The van der Waals surface area contributed by atoms with E-state index < -0.39 is 6.10 Å². The monoisotopic (exact) mass is 385 g/mol. The van der Waals surface area contributed by atoms with Crippen LogP contribution < -0.4 is 20.6 Å². The second kappa shape index (κ2) is 7.16. The Morgan fingerprint density at radius 1 is 1.30 bits per heavy atom. The molecular weight excluding hydrogens is 370 g/mol.